The summed E-state index contributed by atoms with van der Waals surface area (Å²) in [5.74, 6) is -0.720. The molecule has 0 aromatic carbocycles. The molecule has 3 N–H and O–H groups in total. The van der Waals surface area contributed by atoms with E-state index in [9.17, 15) is 14.4 Å². The Bertz CT molecular complexity index is 582. The van der Waals surface area contributed by atoms with Crippen LogP contribution in [0.5, 0.6) is 0 Å². The second-order valence-corrected chi connectivity index (χ2v) is 6.94. The second-order valence-electron chi connectivity index (χ2n) is 6.00. The van der Waals surface area contributed by atoms with Crippen LogP contribution in [0.3, 0.4) is 0 Å². The highest BCUT2D eigenvalue weighted by atomic mass is 32.1. The zero-order valence-corrected chi connectivity index (χ0v) is 14.4. The number of carbonyl (C=O) groups excluding carboxylic acids is 2. The molecule has 1 aromatic rings. The molecule has 1 saturated carbocycles. The maximum atomic E-state index is 11.7. The van der Waals surface area contributed by atoms with Gasteiger partial charge in [-0.2, -0.15) is 0 Å². The van der Waals surface area contributed by atoms with Crippen molar-refractivity contribution in [2.24, 2.45) is 5.92 Å². The maximum Gasteiger partial charge on any atom is 0.355 e. The van der Waals surface area contributed by atoms with Gasteiger partial charge in [0.25, 0.3) is 0 Å². The van der Waals surface area contributed by atoms with E-state index in [4.69, 9.17) is 5.11 Å². The number of aromatic nitrogens is 1. The highest BCUT2D eigenvalue weighted by Gasteiger charge is 2.16. The van der Waals surface area contributed by atoms with E-state index >= 15 is 0 Å². The number of hydrogen-bond acceptors (Lipinski definition) is 5. The summed E-state index contributed by atoms with van der Waals surface area (Å²) < 4.78 is 0. The van der Waals surface area contributed by atoms with Gasteiger partial charge in [0.15, 0.2) is 5.69 Å². The zero-order chi connectivity index (χ0) is 17.4. The van der Waals surface area contributed by atoms with Crippen LogP contribution in [-0.4, -0.2) is 41.0 Å². The van der Waals surface area contributed by atoms with Crippen LogP contribution in [0.15, 0.2) is 5.38 Å². The SMILES string of the molecule is O=C(CCC1CCCC1)NCC(=O)NCCc1nc(C(=O)O)cs1. The number of carboxylic acid groups (broad SMARTS) is 1. The third-order valence-corrected chi connectivity index (χ3v) is 5.04. The summed E-state index contributed by atoms with van der Waals surface area (Å²) in [5.41, 5.74) is 0.0239. The highest BCUT2D eigenvalue weighted by Crippen LogP contribution is 2.28. The fourth-order valence-corrected chi connectivity index (χ4v) is 3.57. The minimum Gasteiger partial charge on any atom is -0.476 e. The number of aromatic carboxylic acids is 1. The fourth-order valence-electron chi connectivity index (χ4n) is 2.80. The second kappa shape index (κ2) is 9.36. The van der Waals surface area contributed by atoms with Crippen LogP contribution in [0.4, 0.5) is 0 Å². The van der Waals surface area contributed by atoms with Crippen molar-refractivity contribution in [2.45, 2.75) is 44.9 Å². The molecule has 2 amide bonds. The van der Waals surface area contributed by atoms with Gasteiger partial charge in [0, 0.05) is 24.8 Å². The number of thiazole rings is 1. The van der Waals surface area contributed by atoms with Crippen LogP contribution < -0.4 is 10.6 Å². The lowest BCUT2D eigenvalue weighted by Crippen LogP contribution is -2.37. The van der Waals surface area contributed by atoms with E-state index in [0.717, 1.165) is 6.42 Å². The van der Waals surface area contributed by atoms with Crippen LogP contribution in [0.25, 0.3) is 0 Å². The molecule has 8 heteroatoms. The van der Waals surface area contributed by atoms with Crippen LogP contribution in [0.1, 0.15) is 54.0 Å². The average molecular weight is 353 g/mol. The Balaban J connectivity index is 1.55. The number of hydrogen-bond donors (Lipinski definition) is 3. The summed E-state index contributed by atoms with van der Waals surface area (Å²) in [6, 6.07) is 0. The van der Waals surface area contributed by atoms with Crippen molar-refractivity contribution in [3.05, 3.63) is 16.1 Å². The summed E-state index contributed by atoms with van der Waals surface area (Å²) in [5, 5.41) is 16.2. The molecule has 1 aromatic heterocycles. The largest absolute Gasteiger partial charge is 0.476 e. The van der Waals surface area contributed by atoms with E-state index in [2.05, 4.69) is 15.6 Å². The van der Waals surface area contributed by atoms with E-state index < -0.39 is 5.97 Å². The first kappa shape index (κ1) is 18.4. The van der Waals surface area contributed by atoms with Gasteiger partial charge < -0.3 is 15.7 Å². The lowest BCUT2D eigenvalue weighted by atomic mass is 10.0. The van der Waals surface area contributed by atoms with E-state index in [1.807, 2.05) is 0 Å². The van der Waals surface area contributed by atoms with Crippen LogP contribution in [-0.2, 0) is 16.0 Å². The monoisotopic (exact) mass is 353 g/mol. The molecule has 0 aliphatic heterocycles. The molecule has 132 valence electrons. The molecule has 0 atom stereocenters. The van der Waals surface area contributed by atoms with Gasteiger partial charge in [0.05, 0.1) is 11.6 Å². The molecule has 2 rings (SSSR count). The zero-order valence-electron chi connectivity index (χ0n) is 13.5. The third kappa shape index (κ3) is 6.27. The molecule has 0 bridgehead atoms. The van der Waals surface area contributed by atoms with E-state index in [0.29, 0.717) is 30.3 Å². The molecule has 1 fully saturated rings. The standard InChI is InChI=1S/C16H23N3O4S/c20-13(6-5-11-3-1-2-4-11)18-9-14(21)17-8-7-15-19-12(10-24-15)16(22)23/h10-11H,1-9H2,(H,17,21)(H,18,20)(H,22,23). The number of carbonyl (C=O) groups is 3. The Labute approximate surface area is 144 Å². The van der Waals surface area contributed by atoms with Crippen LogP contribution in [0, 0.1) is 5.92 Å². The molecule has 0 spiro atoms. The van der Waals surface area contributed by atoms with Crippen molar-refractivity contribution in [2.75, 3.05) is 13.1 Å². The minimum absolute atomic E-state index is 0.0239. The van der Waals surface area contributed by atoms with E-state index in [-0.39, 0.29) is 24.1 Å². The molecule has 1 aliphatic rings. The molecular formula is C16H23N3O4S. The number of nitrogens with zero attached hydrogens (tertiary/aromatic N) is 1. The quantitative estimate of drug-likeness (QED) is 0.625. The van der Waals surface area contributed by atoms with Crippen LogP contribution >= 0.6 is 11.3 Å². The Morgan fingerprint density at radius 1 is 1.21 bits per heavy atom. The van der Waals surface area contributed by atoms with Crippen molar-refractivity contribution >= 4 is 29.1 Å². The summed E-state index contributed by atoms with van der Waals surface area (Å²) in [6.07, 6.45) is 6.82. The van der Waals surface area contributed by atoms with E-state index in [1.54, 1.807) is 0 Å². The average Bonchev–Trinajstić information content (AvgIpc) is 3.22. The van der Waals surface area contributed by atoms with Crippen molar-refractivity contribution in [3.63, 3.8) is 0 Å². The number of carboxylic acids is 1. The van der Waals surface area contributed by atoms with E-state index in [1.165, 1.54) is 42.4 Å². The van der Waals surface area contributed by atoms with Gasteiger partial charge in [-0.15, -0.1) is 11.3 Å². The Morgan fingerprint density at radius 3 is 2.62 bits per heavy atom. The molecule has 1 aliphatic carbocycles. The number of nitrogens with one attached hydrogen (secondary N) is 2. The lowest BCUT2D eigenvalue weighted by molar-refractivity contribution is -0.126. The molecule has 0 radical (unpaired) electrons. The normalized spacial score (nSPS) is 14.5. The molecule has 0 unspecified atom stereocenters. The highest BCUT2D eigenvalue weighted by molar-refractivity contribution is 7.09. The summed E-state index contributed by atoms with van der Waals surface area (Å²) in [7, 11) is 0. The summed E-state index contributed by atoms with van der Waals surface area (Å²) >= 11 is 1.25. The predicted molar refractivity (Wildman–Crippen MR) is 90.0 cm³/mol. The molecular weight excluding hydrogens is 330 g/mol. The third-order valence-electron chi connectivity index (χ3n) is 4.13. The minimum atomic E-state index is -1.05. The van der Waals surface area contributed by atoms with Crippen molar-refractivity contribution in [1.82, 2.24) is 15.6 Å². The molecule has 1 heterocycles. The first-order valence-corrected chi connectivity index (χ1v) is 9.13. The number of amides is 2. The van der Waals surface area contributed by atoms with Gasteiger partial charge >= 0.3 is 5.97 Å². The van der Waals surface area contributed by atoms with Crippen molar-refractivity contribution in [3.8, 4) is 0 Å². The summed E-state index contributed by atoms with van der Waals surface area (Å²) in [6.45, 7) is 0.338. The molecule has 24 heavy (non-hydrogen) atoms. The van der Waals surface area contributed by atoms with Crippen LogP contribution in [0.2, 0.25) is 0 Å². The Kier molecular flexibility index (Phi) is 7.17. The first-order valence-electron chi connectivity index (χ1n) is 8.25. The lowest BCUT2D eigenvalue weighted by Gasteiger charge is -2.09. The topological polar surface area (TPSA) is 108 Å². The Morgan fingerprint density at radius 2 is 1.96 bits per heavy atom. The number of rotatable bonds is 9. The summed E-state index contributed by atoms with van der Waals surface area (Å²) in [4.78, 5) is 38.0. The van der Waals surface area contributed by atoms with Gasteiger partial charge in [-0.3, -0.25) is 9.59 Å². The van der Waals surface area contributed by atoms with Gasteiger partial charge in [0.1, 0.15) is 0 Å². The van der Waals surface area contributed by atoms with Gasteiger partial charge in [-0.1, -0.05) is 25.7 Å². The fraction of sp³-hybridized carbons (Fsp3) is 0.625. The maximum absolute atomic E-state index is 11.7. The molecule has 0 saturated heterocycles. The predicted octanol–water partition coefficient (Wildman–Crippen LogP) is 1.59. The van der Waals surface area contributed by atoms with Gasteiger partial charge in [-0.25, -0.2) is 9.78 Å². The molecule has 7 nitrogen and oxygen atoms in total. The first-order chi connectivity index (χ1) is 11.5. The van der Waals surface area contributed by atoms with Gasteiger partial charge in [0.2, 0.25) is 11.8 Å². The van der Waals surface area contributed by atoms with Crippen molar-refractivity contribution < 1.29 is 19.5 Å². The van der Waals surface area contributed by atoms with Gasteiger partial charge in [-0.05, 0) is 12.3 Å². The Hall–Kier alpha value is -1.96. The van der Waals surface area contributed by atoms with Crippen molar-refractivity contribution in [1.29, 1.82) is 0 Å². The smallest absolute Gasteiger partial charge is 0.355 e.